The van der Waals surface area contributed by atoms with Gasteiger partial charge in [0, 0.05) is 20.3 Å². The fraction of sp³-hybridized carbons (Fsp3) is 0. The average molecular weight is 342 g/mol. The standard InChI is InChI=1S/C12H10Br2N2/c13-11-7(3-1-5-9(11)15)8-4-2-6-10(16)12(8)14/h1-6H,15-16H2. The van der Waals surface area contributed by atoms with Gasteiger partial charge in [-0.25, -0.2) is 0 Å². The van der Waals surface area contributed by atoms with E-state index in [1.165, 1.54) is 0 Å². The molecule has 0 amide bonds. The zero-order valence-electron chi connectivity index (χ0n) is 8.37. The molecule has 2 rings (SSSR count). The zero-order valence-corrected chi connectivity index (χ0v) is 11.5. The van der Waals surface area contributed by atoms with E-state index in [4.69, 9.17) is 11.5 Å². The number of anilines is 2. The second-order valence-electron chi connectivity index (χ2n) is 3.42. The Balaban J connectivity index is 2.68. The van der Waals surface area contributed by atoms with Gasteiger partial charge >= 0.3 is 0 Å². The number of halogens is 2. The SMILES string of the molecule is Nc1cccc(-c2cccc(N)c2Br)c1Br. The normalized spacial score (nSPS) is 10.4. The lowest BCUT2D eigenvalue weighted by molar-refractivity contribution is 1.55. The summed E-state index contributed by atoms with van der Waals surface area (Å²) in [5, 5.41) is 0. The van der Waals surface area contributed by atoms with Gasteiger partial charge in [0.15, 0.2) is 0 Å². The maximum absolute atomic E-state index is 5.85. The van der Waals surface area contributed by atoms with E-state index in [-0.39, 0.29) is 0 Å². The Morgan fingerprint density at radius 2 is 1.06 bits per heavy atom. The van der Waals surface area contributed by atoms with Gasteiger partial charge in [-0.2, -0.15) is 0 Å². The van der Waals surface area contributed by atoms with E-state index in [0.29, 0.717) is 11.4 Å². The van der Waals surface area contributed by atoms with Crippen LogP contribution >= 0.6 is 31.9 Å². The molecule has 0 unspecified atom stereocenters. The summed E-state index contributed by atoms with van der Waals surface area (Å²) in [5.41, 5.74) is 15.2. The van der Waals surface area contributed by atoms with Gasteiger partial charge in [-0.05, 0) is 55.1 Å². The highest BCUT2D eigenvalue weighted by atomic mass is 79.9. The van der Waals surface area contributed by atoms with Crippen LogP contribution in [0.2, 0.25) is 0 Å². The molecule has 82 valence electrons. The van der Waals surface area contributed by atoms with Crippen LogP contribution in [0, 0.1) is 0 Å². The smallest absolute Gasteiger partial charge is 0.0483 e. The van der Waals surface area contributed by atoms with E-state index in [1.807, 2.05) is 36.4 Å². The largest absolute Gasteiger partial charge is 0.398 e. The molecule has 0 spiro atoms. The molecule has 0 saturated carbocycles. The number of nitrogens with two attached hydrogens (primary N) is 2. The lowest BCUT2D eigenvalue weighted by Crippen LogP contribution is -1.92. The summed E-state index contributed by atoms with van der Waals surface area (Å²) < 4.78 is 1.78. The van der Waals surface area contributed by atoms with Gasteiger partial charge in [-0.1, -0.05) is 24.3 Å². The second kappa shape index (κ2) is 4.47. The van der Waals surface area contributed by atoms with E-state index in [9.17, 15) is 0 Å². The third-order valence-corrected chi connectivity index (χ3v) is 4.12. The third kappa shape index (κ3) is 1.95. The molecular weight excluding hydrogens is 332 g/mol. The van der Waals surface area contributed by atoms with Crippen molar-refractivity contribution in [1.29, 1.82) is 0 Å². The highest BCUT2D eigenvalue weighted by molar-refractivity contribution is 9.11. The summed E-state index contributed by atoms with van der Waals surface area (Å²) in [6.07, 6.45) is 0. The minimum absolute atomic E-state index is 0.715. The van der Waals surface area contributed by atoms with E-state index >= 15 is 0 Å². The number of nitrogen functional groups attached to an aromatic ring is 2. The molecule has 0 bridgehead atoms. The molecule has 0 radical (unpaired) electrons. The van der Waals surface area contributed by atoms with Crippen molar-refractivity contribution in [3.8, 4) is 11.1 Å². The van der Waals surface area contributed by atoms with Crippen LogP contribution in [0.15, 0.2) is 45.3 Å². The maximum Gasteiger partial charge on any atom is 0.0483 e. The van der Waals surface area contributed by atoms with Crippen molar-refractivity contribution >= 4 is 43.2 Å². The monoisotopic (exact) mass is 340 g/mol. The topological polar surface area (TPSA) is 52.0 Å². The summed E-state index contributed by atoms with van der Waals surface area (Å²) in [6.45, 7) is 0. The fourth-order valence-corrected chi connectivity index (χ4v) is 2.47. The molecule has 0 atom stereocenters. The van der Waals surface area contributed by atoms with Crippen LogP contribution in [0.25, 0.3) is 11.1 Å². The molecule has 2 aromatic rings. The van der Waals surface area contributed by atoms with Gasteiger partial charge in [-0.3, -0.25) is 0 Å². The molecule has 0 saturated heterocycles. The van der Waals surface area contributed by atoms with Crippen LogP contribution in [-0.4, -0.2) is 0 Å². The van der Waals surface area contributed by atoms with Crippen LogP contribution in [0.5, 0.6) is 0 Å². The molecule has 4 heteroatoms. The third-order valence-electron chi connectivity index (χ3n) is 2.35. The molecule has 0 aliphatic carbocycles. The van der Waals surface area contributed by atoms with Crippen molar-refractivity contribution in [3.63, 3.8) is 0 Å². The quantitative estimate of drug-likeness (QED) is 0.769. The maximum atomic E-state index is 5.85. The predicted octanol–water partition coefficient (Wildman–Crippen LogP) is 4.04. The summed E-state index contributed by atoms with van der Waals surface area (Å²) in [5.74, 6) is 0. The Morgan fingerprint density at radius 1 is 0.688 bits per heavy atom. The van der Waals surface area contributed by atoms with Crippen molar-refractivity contribution in [2.75, 3.05) is 11.5 Å². The molecule has 16 heavy (non-hydrogen) atoms. The number of hydrogen-bond acceptors (Lipinski definition) is 2. The lowest BCUT2D eigenvalue weighted by Gasteiger charge is -2.10. The van der Waals surface area contributed by atoms with Gasteiger partial charge < -0.3 is 11.5 Å². The van der Waals surface area contributed by atoms with Crippen LogP contribution < -0.4 is 11.5 Å². The molecule has 2 aromatic carbocycles. The molecular formula is C12H10Br2N2. The summed E-state index contributed by atoms with van der Waals surface area (Å²) in [4.78, 5) is 0. The molecule has 0 aliphatic rings. The lowest BCUT2D eigenvalue weighted by atomic mass is 10.0. The molecule has 2 nitrogen and oxygen atoms in total. The summed E-state index contributed by atoms with van der Waals surface area (Å²) in [6, 6.07) is 11.6. The van der Waals surface area contributed by atoms with Crippen LogP contribution in [0.4, 0.5) is 11.4 Å². The van der Waals surface area contributed by atoms with Crippen LogP contribution in [-0.2, 0) is 0 Å². The first-order valence-corrected chi connectivity index (χ1v) is 6.28. The molecule has 4 N–H and O–H groups in total. The van der Waals surface area contributed by atoms with Crippen LogP contribution in [0.1, 0.15) is 0 Å². The Morgan fingerprint density at radius 3 is 1.44 bits per heavy atom. The predicted molar refractivity (Wildman–Crippen MR) is 76.1 cm³/mol. The first kappa shape index (κ1) is 11.5. The highest BCUT2D eigenvalue weighted by Gasteiger charge is 2.10. The van der Waals surface area contributed by atoms with Gasteiger partial charge in [0.05, 0.1) is 0 Å². The Bertz CT molecular complexity index is 489. The zero-order chi connectivity index (χ0) is 11.7. The minimum Gasteiger partial charge on any atom is -0.398 e. The molecule has 0 fully saturated rings. The van der Waals surface area contributed by atoms with E-state index in [0.717, 1.165) is 20.1 Å². The number of hydrogen-bond donors (Lipinski definition) is 2. The van der Waals surface area contributed by atoms with E-state index < -0.39 is 0 Å². The summed E-state index contributed by atoms with van der Waals surface area (Å²) >= 11 is 6.98. The van der Waals surface area contributed by atoms with E-state index in [2.05, 4.69) is 31.9 Å². The Labute approximate surface area is 111 Å². The van der Waals surface area contributed by atoms with Crippen molar-refractivity contribution < 1.29 is 0 Å². The first-order valence-electron chi connectivity index (χ1n) is 4.69. The Kier molecular flexibility index (Phi) is 3.21. The minimum atomic E-state index is 0.715. The first-order chi connectivity index (χ1) is 7.61. The van der Waals surface area contributed by atoms with Crippen LogP contribution in [0.3, 0.4) is 0 Å². The van der Waals surface area contributed by atoms with Crippen molar-refractivity contribution in [3.05, 3.63) is 45.3 Å². The van der Waals surface area contributed by atoms with Crippen molar-refractivity contribution in [1.82, 2.24) is 0 Å². The van der Waals surface area contributed by atoms with Gasteiger partial charge in [-0.15, -0.1) is 0 Å². The van der Waals surface area contributed by atoms with Crippen molar-refractivity contribution in [2.45, 2.75) is 0 Å². The number of rotatable bonds is 1. The number of benzene rings is 2. The second-order valence-corrected chi connectivity index (χ2v) is 5.00. The molecule has 0 heterocycles. The van der Waals surface area contributed by atoms with E-state index in [1.54, 1.807) is 0 Å². The molecule has 0 aromatic heterocycles. The van der Waals surface area contributed by atoms with Gasteiger partial charge in [0.25, 0.3) is 0 Å². The van der Waals surface area contributed by atoms with Crippen molar-refractivity contribution in [2.24, 2.45) is 0 Å². The molecule has 0 aliphatic heterocycles. The van der Waals surface area contributed by atoms with Gasteiger partial charge in [0.1, 0.15) is 0 Å². The fourth-order valence-electron chi connectivity index (χ4n) is 1.52. The summed E-state index contributed by atoms with van der Waals surface area (Å²) in [7, 11) is 0. The Hall–Kier alpha value is -1.00. The highest BCUT2D eigenvalue weighted by Crippen LogP contribution is 2.38. The van der Waals surface area contributed by atoms with Gasteiger partial charge in [0.2, 0.25) is 0 Å². The average Bonchev–Trinajstić information content (AvgIpc) is 2.27.